The Morgan fingerprint density at radius 1 is 0.301 bits per heavy atom. The average Bonchev–Trinajstić information content (AvgIpc) is 2.84. The summed E-state index contributed by atoms with van der Waals surface area (Å²) in [6.45, 7) is 2.29. The number of phosphoric acid groups is 2. The van der Waals surface area contributed by atoms with Crippen molar-refractivity contribution in [2.75, 3.05) is 39.6 Å². The molecule has 0 aliphatic heterocycles. The molecule has 5 unspecified atom stereocenters. The van der Waals surface area contributed by atoms with Crippen molar-refractivity contribution >= 4 is 33.6 Å². The normalized spacial score (nSPS) is 15.0. The summed E-state index contributed by atoms with van der Waals surface area (Å²) in [7, 11) is -9.79. The van der Waals surface area contributed by atoms with Gasteiger partial charge >= 0.3 is 33.6 Å². The standard InChI is InChI=1S/C75H126O16P2/c1-4-7-10-13-16-19-22-25-28-30-31-32-33-34-35-36-37-39-42-43-46-49-52-55-58-61-73(78)85-64-70(76)65-87-92(81,82)88-66-71(77)67-89-93(83,84)90-69-72(91-75(80)63-60-57-54-51-48-45-40-27-24-21-18-15-12-9-6-3)68-86-74(79)62-59-56-53-50-47-44-41-38-29-26-23-20-17-14-11-8-5-2/h7-12,16-21,25-29,31-32,34-35,40,70-72,76-77H,4-6,13-15,22-24,30,33,36-39,41-69H2,1-3H3,(H,81,82)(H,83,84)/b10-7-,11-8-,12-9-,19-16-,20-17-,21-18-,28-25-,29-26-,32-31-,35-34-,40-27-. The number of carbonyl (C=O) groups excluding carboxylic acids is 3. The molecule has 0 radical (unpaired) electrons. The van der Waals surface area contributed by atoms with Gasteiger partial charge in [-0.05, 0) is 128 Å². The van der Waals surface area contributed by atoms with E-state index < -0.39 is 91.5 Å². The van der Waals surface area contributed by atoms with E-state index >= 15 is 0 Å². The average molecular weight is 1350 g/mol. The maximum Gasteiger partial charge on any atom is 0.472 e. The van der Waals surface area contributed by atoms with E-state index in [4.69, 9.17) is 32.3 Å². The van der Waals surface area contributed by atoms with E-state index in [0.29, 0.717) is 19.3 Å². The van der Waals surface area contributed by atoms with Crippen LogP contribution in [-0.4, -0.2) is 95.9 Å². The first-order chi connectivity index (χ1) is 45.2. The zero-order valence-corrected chi connectivity index (χ0v) is 59.4. The van der Waals surface area contributed by atoms with Crippen LogP contribution in [-0.2, 0) is 55.8 Å². The Morgan fingerprint density at radius 3 is 0.849 bits per heavy atom. The Morgan fingerprint density at radius 2 is 0.538 bits per heavy atom. The fourth-order valence-corrected chi connectivity index (χ4v) is 10.6. The molecule has 0 heterocycles. The van der Waals surface area contributed by atoms with Gasteiger partial charge in [0.1, 0.15) is 25.4 Å². The van der Waals surface area contributed by atoms with Crippen LogP contribution in [0.1, 0.15) is 265 Å². The quantitative estimate of drug-likeness (QED) is 0.0146. The van der Waals surface area contributed by atoms with Gasteiger partial charge in [-0.3, -0.25) is 32.5 Å². The molecule has 18 heteroatoms. The molecule has 0 amide bonds. The van der Waals surface area contributed by atoms with Gasteiger partial charge in [-0.15, -0.1) is 0 Å². The number of unbranched alkanes of at least 4 members (excludes halogenated alkanes) is 21. The molecule has 5 atom stereocenters. The Balaban J connectivity index is 4.60. The molecule has 0 aliphatic carbocycles. The molecule has 0 rings (SSSR count). The third-order valence-corrected chi connectivity index (χ3v) is 16.3. The highest BCUT2D eigenvalue weighted by Gasteiger charge is 2.29. The number of carbonyl (C=O) groups is 3. The Hall–Kier alpha value is -4.31. The van der Waals surface area contributed by atoms with Crippen LogP contribution in [0.3, 0.4) is 0 Å². The van der Waals surface area contributed by atoms with Crippen LogP contribution in [0, 0.1) is 0 Å². The number of allylic oxidation sites excluding steroid dienone is 22. The highest BCUT2D eigenvalue weighted by molar-refractivity contribution is 7.47. The first-order valence-electron chi connectivity index (χ1n) is 35.5. The molecule has 0 aromatic carbocycles. The minimum atomic E-state index is -4.94. The number of phosphoric ester groups is 2. The zero-order chi connectivity index (χ0) is 68.1. The summed E-state index contributed by atoms with van der Waals surface area (Å²) in [5.74, 6) is -1.62. The van der Waals surface area contributed by atoms with E-state index in [-0.39, 0.29) is 19.3 Å². The van der Waals surface area contributed by atoms with Crippen LogP contribution in [0.2, 0.25) is 0 Å². The van der Waals surface area contributed by atoms with Crippen molar-refractivity contribution < 1.29 is 75.8 Å². The lowest BCUT2D eigenvalue weighted by molar-refractivity contribution is -0.161. The van der Waals surface area contributed by atoms with E-state index in [1.807, 2.05) is 0 Å². The van der Waals surface area contributed by atoms with Gasteiger partial charge in [-0.2, -0.15) is 0 Å². The number of rotatable bonds is 66. The van der Waals surface area contributed by atoms with E-state index in [9.17, 15) is 43.5 Å². The molecule has 0 aromatic heterocycles. The van der Waals surface area contributed by atoms with Crippen molar-refractivity contribution in [3.8, 4) is 0 Å². The third kappa shape index (κ3) is 68.9. The fraction of sp³-hybridized carbons (Fsp3) is 0.667. The smallest absolute Gasteiger partial charge is 0.463 e. The first-order valence-corrected chi connectivity index (χ1v) is 38.5. The SMILES string of the molecule is CC/C=C\C/C=C\C/C=C\C/C=C\C/C=C\CCCCCCCCCCCC(=O)OCC(O)COP(=O)(O)OCC(O)COP(=O)(O)OCC(COC(=O)CCCCCCCCC/C=C\C/C=C\C/C=C\CC)OC(=O)CCCCCCC/C=C\C/C=C\C/C=C\CC. The van der Waals surface area contributed by atoms with Gasteiger partial charge in [-0.1, -0.05) is 251 Å². The second-order valence-corrected chi connectivity index (χ2v) is 26.1. The van der Waals surface area contributed by atoms with Crippen molar-refractivity contribution in [3.05, 3.63) is 134 Å². The van der Waals surface area contributed by atoms with Gasteiger partial charge in [0.25, 0.3) is 0 Å². The molecule has 532 valence electrons. The van der Waals surface area contributed by atoms with Crippen molar-refractivity contribution in [1.29, 1.82) is 0 Å². The zero-order valence-electron chi connectivity index (χ0n) is 57.6. The molecule has 0 bridgehead atoms. The van der Waals surface area contributed by atoms with Gasteiger partial charge in [0.2, 0.25) is 0 Å². The number of ether oxygens (including phenoxy) is 3. The van der Waals surface area contributed by atoms with Crippen LogP contribution in [0.5, 0.6) is 0 Å². The lowest BCUT2D eigenvalue weighted by Gasteiger charge is -2.21. The summed E-state index contributed by atoms with van der Waals surface area (Å²) in [5, 5.41) is 20.6. The lowest BCUT2D eigenvalue weighted by Crippen LogP contribution is -2.30. The minimum absolute atomic E-state index is 0.0796. The maximum absolute atomic E-state index is 12.9. The summed E-state index contributed by atoms with van der Waals surface area (Å²) >= 11 is 0. The Labute approximate surface area is 563 Å². The molecular formula is C75H126O16P2. The van der Waals surface area contributed by atoms with Crippen LogP contribution < -0.4 is 0 Å². The Bertz CT molecular complexity index is 2230. The van der Waals surface area contributed by atoms with Crippen LogP contribution >= 0.6 is 15.6 Å². The second kappa shape index (κ2) is 67.7. The molecule has 0 spiro atoms. The molecule has 0 aromatic rings. The molecule has 16 nitrogen and oxygen atoms in total. The van der Waals surface area contributed by atoms with Gasteiger partial charge in [-0.25, -0.2) is 9.13 Å². The second-order valence-electron chi connectivity index (χ2n) is 23.2. The van der Waals surface area contributed by atoms with Crippen LogP contribution in [0.15, 0.2) is 134 Å². The van der Waals surface area contributed by atoms with Gasteiger partial charge in [0.15, 0.2) is 6.10 Å². The molecular weight excluding hydrogens is 1220 g/mol. The number of hydrogen-bond donors (Lipinski definition) is 4. The van der Waals surface area contributed by atoms with Crippen LogP contribution in [0.4, 0.5) is 0 Å². The largest absolute Gasteiger partial charge is 0.472 e. The summed E-state index contributed by atoms with van der Waals surface area (Å²) in [4.78, 5) is 58.4. The predicted octanol–water partition coefficient (Wildman–Crippen LogP) is 20.0. The predicted molar refractivity (Wildman–Crippen MR) is 380 cm³/mol. The summed E-state index contributed by atoms with van der Waals surface area (Å²) in [6.07, 6.45) is 79.3. The van der Waals surface area contributed by atoms with Gasteiger partial charge < -0.3 is 34.2 Å². The number of aliphatic hydroxyl groups excluding tert-OH is 2. The van der Waals surface area contributed by atoms with Crippen LogP contribution in [0.25, 0.3) is 0 Å². The van der Waals surface area contributed by atoms with Gasteiger partial charge in [0.05, 0.1) is 26.4 Å². The van der Waals surface area contributed by atoms with E-state index in [2.05, 4.69) is 154 Å². The fourth-order valence-electron chi connectivity index (χ4n) is 9.04. The molecule has 93 heavy (non-hydrogen) atoms. The monoisotopic (exact) mass is 1340 g/mol. The van der Waals surface area contributed by atoms with Crippen molar-refractivity contribution in [2.45, 2.75) is 283 Å². The molecule has 4 N–H and O–H groups in total. The van der Waals surface area contributed by atoms with Crippen molar-refractivity contribution in [1.82, 2.24) is 0 Å². The topological polar surface area (TPSA) is 231 Å². The number of esters is 3. The highest BCUT2D eigenvalue weighted by Crippen LogP contribution is 2.45. The first kappa shape index (κ1) is 88.7. The molecule has 0 fully saturated rings. The van der Waals surface area contributed by atoms with E-state index in [1.54, 1.807) is 0 Å². The number of aliphatic hydroxyl groups is 2. The minimum Gasteiger partial charge on any atom is -0.463 e. The van der Waals surface area contributed by atoms with E-state index in [0.717, 1.165) is 180 Å². The summed E-state index contributed by atoms with van der Waals surface area (Å²) < 4.78 is 60.9. The summed E-state index contributed by atoms with van der Waals surface area (Å²) in [5.41, 5.74) is 0. The molecule has 0 saturated carbocycles. The van der Waals surface area contributed by atoms with Crippen molar-refractivity contribution in [2.24, 2.45) is 0 Å². The van der Waals surface area contributed by atoms with Crippen molar-refractivity contribution in [3.63, 3.8) is 0 Å². The maximum atomic E-state index is 12.9. The van der Waals surface area contributed by atoms with Gasteiger partial charge in [0, 0.05) is 19.3 Å². The third-order valence-electron chi connectivity index (χ3n) is 14.4. The highest BCUT2D eigenvalue weighted by atomic mass is 31.2. The molecule has 0 saturated heterocycles. The Kier molecular flexibility index (Phi) is 64.5. The molecule has 0 aliphatic rings. The summed E-state index contributed by atoms with van der Waals surface area (Å²) in [6, 6.07) is 0. The number of hydrogen-bond acceptors (Lipinski definition) is 14. The lowest BCUT2D eigenvalue weighted by atomic mass is 10.1. The van der Waals surface area contributed by atoms with E-state index in [1.165, 1.54) is 25.7 Å².